The first-order valence-electron chi connectivity index (χ1n) is 2.86. The molecule has 0 aliphatic heterocycles. The summed E-state index contributed by atoms with van der Waals surface area (Å²) in [5.41, 5.74) is 0. The Kier molecular flexibility index (Phi) is 3.75. The number of carboxylic acid groups (broad SMARTS) is 1. The van der Waals surface area contributed by atoms with Crippen LogP contribution in [0.15, 0.2) is 0 Å². The molecule has 2 atom stereocenters. The van der Waals surface area contributed by atoms with Crippen LogP contribution < -0.4 is 5.32 Å². The van der Waals surface area contributed by atoms with E-state index in [0.717, 1.165) is 0 Å². The van der Waals surface area contributed by atoms with Gasteiger partial charge >= 0.3 is 6.09 Å². The molecule has 0 aliphatic rings. The van der Waals surface area contributed by atoms with Gasteiger partial charge in [0.2, 0.25) is 0 Å². The average molecular weight is 149 g/mol. The summed E-state index contributed by atoms with van der Waals surface area (Å²) in [6.07, 6.45) is -2.12. The van der Waals surface area contributed by atoms with Crippen LogP contribution in [0.1, 0.15) is 6.92 Å². The molecule has 0 radical (unpaired) electrons. The van der Waals surface area contributed by atoms with E-state index in [4.69, 9.17) is 15.3 Å². The summed E-state index contributed by atoms with van der Waals surface area (Å²) >= 11 is 0. The summed E-state index contributed by atoms with van der Waals surface area (Å²) in [4.78, 5) is 9.94. The van der Waals surface area contributed by atoms with Gasteiger partial charge in [-0.2, -0.15) is 0 Å². The number of rotatable bonds is 3. The lowest BCUT2D eigenvalue weighted by Gasteiger charge is -2.16. The van der Waals surface area contributed by atoms with Gasteiger partial charge < -0.3 is 20.6 Å². The monoisotopic (exact) mass is 149 g/mol. The molecular weight excluding hydrogens is 138 g/mol. The highest BCUT2D eigenvalue weighted by Crippen LogP contribution is 1.89. The van der Waals surface area contributed by atoms with Gasteiger partial charge in [-0.1, -0.05) is 0 Å². The van der Waals surface area contributed by atoms with E-state index in [-0.39, 0.29) is 0 Å². The Morgan fingerprint density at radius 2 is 2.20 bits per heavy atom. The van der Waals surface area contributed by atoms with Crippen molar-refractivity contribution in [1.29, 1.82) is 0 Å². The number of aliphatic hydroxyl groups is 2. The Balaban J connectivity index is 3.71. The third-order valence-electron chi connectivity index (χ3n) is 1.09. The van der Waals surface area contributed by atoms with Gasteiger partial charge in [0.25, 0.3) is 0 Å². The molecule has 1 amide bonds. The Bertz CT molecular complexity index is 114. The van der Waals surface area contributed by atoms with Gasteiger partial charge in [-0.3, -0.25) is 0 Å². The number of hydrogen-bond acceptors (Lipinski definition) is 3. The van der Waals surface area contributed by atoms with E-state index in [1.165, 1.54) is 6.92 Å². The third kappa shape index (κ3) is 3.26. The first-order valence-corrected chi connectivity index (χ1v) is 2.86. The summed E-state index contributed by atoms with van der Waals surface area (Å²) in [6, 6.07) is -0.794. The molecule has 10 heavy (non-hydrogen) atoms. The van der Waals surface area contributed by atoms with Gasteiger partial charge in [0.15, 0.2) is 0 Å². The number of nitrogens with one attached hydrogen (secondary N) is 1. The van der Waals surface area contributed by atoms with E-state index in [2.05, 4.69) is 0 Å². The minimum atomic E-state index is -1.25. The number of hydrogen-bond donors (Lipinski definition) is 4. The highest BCUT2D eigenvalue weighted by molar-refractivity contribution is 5.64. The van der Waals surface area contributed by atoms with Crippen molar-refractivity contribution >= 4 is 6.09 Å². The van der Waals surface area contributed by atoms with Crippen LogP contribution >= 0.6 is 0 Å². The fourth-order valence-corrected chi connectivity index (χ4v) is 0.477. The predicted octanol–water partition coefficient (Wildman–Crippen LogP) is -1.00. The van der Waals surface area contributed by atoms with E-state index < -0.39 is 24.8 Å². The van der Waals surface area contributed by atoms with E-state index in [9.17, 15) is 4.79 Å². The lowest BCUT2D eigenvalue weighted by atomic mass is 10.2. The van der Waals surface area contributed by atoms with Gasteiger partial charge in [-0.05, 0) is 6.92 Å². The maximum Gasteiger partial charge on any atom is 0.405 e. The molecule has 60 valence electrons. The average Bonchev–Trinajstić information content (AvgIpc) is 1.81. The molecule has 0 aliphatic carbocycles. The molecule has 5 heteroatoms. The molecule has 0 aromatic carbocycles. The van der Waals surface area contributed by atoms with Crippen LogP contribution in [0.5, 0.6) is 0 Å². The first kappa shape index (κ1) is 9.19. The molecule has 4 N–H and O–H groups in total. The summed E-state index contributed by atoms with van der Waals surface area (Å²) in [6.45, 7) is 1.00. The summed E-state index contributed by atoms with van der Waals surface area (Å²) < 4.78 is 0. The van der Waals surface area contributed by atoms with Crippen LogP contribution in [-0.2, 0) is 0 Å². The highest BCUT2D eigenvalue weighted by atomic mass is 16.4. The van der Waals surface area contributed by atoms with Crippen molar-refractivity contribution in [1.82, 2.24) is 5.32 Å². The van der Waals surface area contributed by atoms with Crippen LogP contribution in [0.4, 0.5) is 4.79 Å². The lowest BCUT2D eigenvalue weighted by molar-refractivity contribution is 0.0988. The number of carbonyl (C=O) groups is 1. The molecule has 1 unspecified atom stereocenters. The van der Waals surface area contributed by atoms with Crippen LogP contribution in [0.3, 0.4) is 0 Å². The summed E-state index contributed by atoms with van der Waals surface area (Å²) in [5.74, 6) is 0. The molecule has 0 saturated carbocycles. The van der Waals surface area contributed by atoms with Gasteiger partial charge in [0.05, 0.1) is 18.8 Å². The molecular formula is C5H11NO4. The standard InChI is InChI=1S/C5H11NO4/c1-3(8)4(2-7)6-5(9)10/h3-4,6-8H,2H2,1H3,(H,9,10)/t3-,4?/m1/s1. The van der Waals surface area contributed by atoms with Crippen LogP contribution in [0.25, 0.3) is 0 Å². The van der Waals surface area contributed by atoms with E-state index in [0.29, 0.717) is 0 Å². The van der Waals surface area contributed by atoms with Crippen LogP contribution in [0, 0.1) is 0 Å². The normalized spacial score (nSPS) is 15.9. The fraction of sp³-hybridized carbons (Fsp3) is 0.800. The van der Waals surface area contributed by atoms with Gasteiger partial charge in [-0.25, -0.2) is 4.79 Å². The van der Waals surface area contributed by atoms with Gasteiger partial charge in [0, 0.05) is 0 Å². The van der Waals surface area contributed by atoms with Crippen LogP contribution in [0.2, 0.25) is 0 Å². The second kappa shape index (κ2) is 4.08. The number of aliphatic hydroxyl groups excluding tert-OH is 2. The van der Waals surface area contributed by atoms with Crippen molar-refractivity contribution in [2.24, 2.45) is 0 Å². The van der Waals surface area contributed by atoms with Crippen molar-refractivity contribution in [3.05, 3.63) is 0 Å². The Labute approximate surface area is 58.3 Å². The quantitative estimate of drug-likeness (QED) is 0.414. The zero-order valence-corrected chi connectivity index (χ0v) is 5.61. The summed E-state index contributed by atoms with van der Waals surface area (Å²) in [5, 5.41) is 27.3. The minimum Gasteiger partial charge on any atom is -0.465 e. The lowest BCUT2D eigenvalue weighted by Crippen LogP contribution is -2.43. The van der Waals surface area contributed by atoms with Crippen molar-refractivity contribution < 1.29 is 20.1 Å². The van der Waals surface area contributed by atoms with E-state index >= 15 is 0 Å². The molecule has 0 fully saturated rings. The van der Waals surface area contributed by atoms with Gasteiger partial charge in [-0.15, -0.1) is 0 Å². The van der Waals surface area contributed by atoms with Crippen molar-refractivity contribution in [3.63, 3.8) is 0 Å². The van der Waals surface area contributed by atoms with Gasteiger partial charge in [0.1, 0.15) is 0 Å². The molecule has 0 saturated heterocycles. The van der Waals surface area contributed by atoms with Crippen molar-refractivity contribution in [2.75, 3.05) is 6.61 Å². The largest absolute Gasteiger partial charge is 0.465 e. The number of amides is 1. The Morgan fingerprint density at radius 3 is 2.30 bits per heavy atom. The third-order valence-corrected chi connectivity index (χ3v) is 1.09. The second-order valence-corrected chi connectivity index (χ2v) is 1.98. The fourth-order valence-electron chi connectivity index (χ4n) is 0.477. The van der Waals surface area contributed by atoms with Crippen LogP contribution in [-0.4, -0.2) is 40.2 Å². The van der Waals surface area contributed by atoms with Crippen molar-refractivity contribution in [2.45, 2.75) is 19.1 Å². The molecule has 0 heterocycles. The first-order chi connectivity index (χ1) is 4.57. The van der Waals surface area contributed by atoms with Crippen molar-refractivity contribution in [3.8, 4) is 0 Å². The maximum atomic E-state index is 9.94. The molecule has 0 rings (SSSR count). The zero-order valence-electron chi connectivity index (χ0n) is 5.61. The molecule has 5 nitrogen and oxygen atoms in total. The topological polar surface area (TPSA) is 89.8 Å². The minimum absolute atomic E-state index is 0.399. The second-order valence-electron chi connectivity index (χ2n) is 1.98. The highest BCUT2D eigenvalue weighted by Gasteiger charge is 2.14. The smallest absolute Gasteiger partial charge is 0.405 e. The van der Waals surface area contributed by atoms with E-state index in [1.807, 2.05) is 5.32 Å². The molecule has 0 bridgehead atoms. The van der Waals surface area contributed by atoms with E-state index in [1.54, 1.807) is 0 Å². The maximum absolute atomic E-state index is 9.94. The Morgan fingerprint density at radius 1 is 1.70 bits per heavy atom. The Hall–Kier alpha value is -0.810. The molecule has 0 aromatic heterocycles. The SMILES string of the molecule is C[C@@H](O)C(CO)NC(=O)O. The summed E-state index contributed by atoms with van der Waals surface area (Å²) in [7, 11) is 0. The molecule has 0 spiro atoms. The predicted molar refractivity (Wildman–Crippen MR) is 33.7 cm³/mol. The molecule has 0 aromatic rings. The zero-order chi connectivity index (χ0) is 8.15.